The van der Waals surface area contributed by atoms with Crippen LogP contribution in [-0.4, -0.2) is 17.4 Å². The predicted molar refractivity (Wildman–Crippen MR) is 72.8 cm³/mol. The molecule has 0 aliphatic rings. The molecule has 0 aliphatic carbocycles. The second kappa shape index (κ2) is 6.15. The zero-order chi connectivity index (χ0) is 13.7. The van der Waals surface area contributed by atoms with Gasteiger partial charge < -0.3 is 10.6 Å². The molecule has 0 atom stereocenters. The monoisotopic (exact) mass is 279 g/mol. The van der Waals surface area contributed by atoms with Crippen molar-refractivity contribution >= 4 is 29.0 Å². The lowest BCUT2D eigenvalue weighted by Gasteiger charge is -2.07. The number of hydrogen-bond donors (Lipinski definition) is 2. The van der Waals surface area contributed by atoms with E-state index in [2.05, 4.69) is 15.6 Å². The van der Waals surface area contributed by atoms with Gasteiger partial charge in [-0.2, -0.15) is 0 Å². The third-order valence-corrected chi connectivity index (χ3v) is 2.52. The van der Waals surface area contributed by atoms with Crippen molar-refractivity contribution in [1.82, 2.24) is 4.98 Å². The lowest BCUT2D eigenvalue weighted by molar-refractivity contribution is -0.114. The van der Waals surface area contributed by atoms with Gasteiger partial charge in [-0.3, -0.25) is 4.79 Å². The molecule has 0 spiro atoms. The molecule has 6 heteroatoms. The highest BCUT2D eigenvalue weighted by Gasteiger charge is 2.03. The first-order chi connectivity index (χ1) is 9.13. The number of carbonyl (C=O) groups excluding carboxylic acids is 1. The van der Waals surface area contributed by atoms with Gasteiger partial charge in [-0.1, -0.05) is 11.6 Å². The molecule has 1 amide bonds. The Morgan fingerprint density at radius 2 is 1.95 bits per heavy atom. The van der Waals surface area contributed by atoms with Gasteiger partial charge in [0.2, 0.25) is 5.91 Å². The van der Waals surface area contributed by atoms with Crippen molar-refractivity contribution in [3.8, 4) is 0 Å². The Morgan fingerprint density at radius 1 is 1.21 bits per heavy atom. The van der Waals surface area contributed by atoms with Crippen LogP contribution in [0.5, 0.6) is 0 Å². The molecule has 0 bridgehead atoms. The van der Waals surface area contributed by atoms with E-state index in [1.165, 1.54) is 18.3 Å². The van der Waals surface area contributed by atoms with Gasteiger partial charge in [0, 0.05) is 11.9 Å². The molecule has 2 rings (SSSR count). The summed E-state index contributed by atoms with van der Waals surface area (Å²) in [7, 11) is 0. The largest absolute Gasteiger partial charge is 0.376 e. The van der Waals surface area contributed by atoms with Gasteiger partial charge in [-0.15, -0.1) is 0 Å². The number of aromatic nitrogens is 1. The Bertz CT molecular complexity index is 557. The molecule has 1 heterocycles. The minimum absolute atomic E-state index is 0.0654. The third-order valence-electron chi connectivity index (χ3n) is 2.29. The molecule has 0 aliphatic heterocycles. The molecule has 2 aromatic rings. The summed E-state index contributed by atoms with van der Waals surface area (Å²) in [6.45, 7) is 0.0654. The van der Waals surface area contributed by atoms with Gasteiger partial charge in [0.05, 0.1) is 11.6 Å². The number of benzene rings is 1. The van der Waals surface area contributed by atoms with E-state index in [4.69, 9.17) is 11.6 Å². The first kappa shape index (κ1) is 13.3. The lowest BCUT2D eigenvalue weighted by atomic mass is 10.3. The topological polar surface area (TPSA) is 54.0 Å². The van der Waals surface area contributed by atoms with E-state index in [0.29, 0.717) is 16.5 Å². The maximum absolute atomic E-state index is 12.7. The average Bonchev–Trinajstić information content (AvgIpc) is 2.41. The van der Waals surface area contributed by atoms with Crippen molar-refractivity contribution in [2.75, 3.05) is 17.2 Å². The highest BCUT2D eigenvalue weighted by Crippen LogP contribution is 2.10. The number of halogens is 2. The van der Waals surface area contributed by atoms with Crippen LogP contribution >= 0.6 is 11.6 Å². The van der Waals surface area contributed by atoms with E-state index in [-0.39, 0.29) is 18.3 Å². The molecule has 1 aromatic heterocycles. The maximum atomic E-state index is 12.7. The Labute approximate surface area is 114 Å². The van der Waals surface area contributed by atoms with Crippen LogP contribution in [0, 0.1) is 5.82 Å². The van der Waals surface area contributed by atoms with E-state index < -0.39 is 0 Å². The third kappa shape index (κ3) is 4.22. The van der Waals surface area contributed by atoms with E-state index in [9.17, 15) is 9.18 Å². The van der Waals surface area contributed by atoms with Crippen LogP contribution in [0.3, 0.4) is 0 Å². The van der Waals surface area contributed by atoms with Crippen molar-refractivity contribution in [3.63, 3.8) is 0 Å². The smallest absolute Gasteiger partial charge is 0.244 e. The van der Waals surface area contributed by atoms with E-state index >= 15 is 0 Å². The van der Waals surface area contributed by atoms with Crippen molar-refractivity contribution in [2.24, 2.45) is 0 Å². The number of rotatable bonds is 4. The summed E-state index contributed by atoms with van der Waals surface area (Å²) in [5, 5.41) is 5.98. The molecular formula is C13H11ClFN3O. The fraction of sp³-hybridized carbons (Fsp3) is 0.0769. The summed E-state index contributed by atoms with van der Waals surface area (Å²) in [6, 6.07) is 9.00. The second-order valence-electron chi connectivity index (χ2n) is 3.77. The minimum Gasteiger partial charge on any atom is -0.376 e. The molecule has 1 aromatic carbocycles. The van der Waals surface area contributed by atoms with Gasteiger partial charge in [-0.25, -0.2) is 9.37 Å². The number of hydrogen-bond acceptors (Lipinski definition) is 3. The summed E-state index contributed by atoms with van der Waals surface area (Å²) in [6.07, 6.45) is 1.45. The molecule has 4 nitrogen and oxygen atoms in total. The Balaban J connectivity index is 1.84. The van der Waals surface area contributed by atoms with Crippen LogP contribution in [0.2, 0.25) is 5.02 Å². The van der Waals surface area contributed by atoms with Crippen LogP contribution in [0.15, 0.2) is 42.6 Å². The van der Waals surface area contributed by atoms with Crippen molar-refractivity contribution in [2.45, 2.75) is 0 Å². The van der Waals surface area contributed by atoms with Crippen LogP contribution < -0.4 is 10.6 Å². The summed E-state index contributed by atoms with van der Waals surface area (Å²) in [5.41, 5.74) is 0.667. The molecule has 0 saturated carbocycles. The molecule has 0 unspecified atom stereocenters. The van der Waals surface area contributed by atoms with Crippen molar-refractivity contribution < 1.29 is 9.18 Å². The van der Waals surface area contributed by atoms with Gasteiger partial charge in [0.1, 0.15) is 11.6 Å². The van der Waals surface area contributed by atoms with Crippen molar-refractivity contribution in [3.05, 3.63) is 53.4 Å². The second-order valence-corrected chi connectivity index (χ2v) is 4.21. The normalized spacial score (nSPS) is 10.0. The lowest BCUT2D eigenvalue weighted by Crippen LogP contribution is -2.22. The number of anilines is 2. The average molecular weight is 280 g/mol. The summed E-state index contributed by atoms with van der Waals surface area (Å²) < 4.78 is 12.7. The summed E-state index contributed by atoms with van der Waals surface area (Å²) in [5.74, 6) is -0.144. The van der Waals surface area contributed by atoms with Gasteiger partial charge in [-0.05, 0) is 36.4 Å². The highest BCUT2D eigenvalue weighted by atomic mass is 35.5. The van der Waals surface area contributed by atoms with Crippen LogP contribution in [0.1, 0.15) is 0 Å². The van der Waals surface area contributed by atoms with Gasteiger partial charge in [0.25, 0.3) is 0 Å². The molecule has 19 heavy (non-hydrogen) atoms. The SMILES string of the molecule is O=C(CNc1ccc(F)cc1)Nc1ccc(Cl)cn1. The fourth-order valence-electron chi connectivity index (χ4n) is 1.39. The predicted octanol–water partition coefficient (Wildman–Crippen LogP) is 2.92. The Kier molecular flexibility index (Phi) is 4.30. The number of nitrogens with one attached hydrogen (secondary N) is 2. The molecular weight excluding hydrogens is 269 g/mol. The van der Waals surface area contributed by atoms with Crippen LogP contribution in [-0.2, 0) is 4.79 Å². The van der Waals surface area contributed by atoms with Crippen molar-refractivity contribution in [1.29, 1.82) is 0 Å². The van der Waals surface area contributed by atoms with E-state index in [1.807, 2.05) is 0 Å². The first-order valence-corrected chi connectivity index (χ1v) is 5.92. The number of pyridine rings is 1. The fourth-order valence-corrected chi connectivity index (χ4v) is 1.50. The number of nitrogens with zero attached hydrogens (tertiary/aromatic N) is 1. The molecule has 0 saturated heterocycles. The number of carbonyl (C=O) groups is 1. The van der Waals surface area contributed by atoms with Gasteiger partial charge >= 0.3 is 0 Å². The Morgan fingerprint density at radius 3 is 2.58 bits per heavy atom. The molecule has 0 radical (unpaired) electrons. The summed E-state index contributed by atoms with van der Waals surface area (Å²) >= 11 is 5.68. The maximum Gasteiger partial charge on any atom is 0.244 e. The number of amides is 1. The zero-order valence-corrected chi connectivity index (χ0v) is 10.6. The van der Waals surface area contributed by atoms with Crippen LogP contribution in [0.4, 0.5) is 15.9 Å². The van der Waals surface area contributed by atoms with E-state index in [0.717, 1.165) is 0 Å². The quantitative estimate of drug-likeness (QED) is 0.905. The summed E-state index contributed by atoms with van der Waals surface area (Å²) in [4.78, 5) is 15.6. The van der Waals surface area contributed by atoms with E-state index in [1.54, 1.807) is 24.3 Å². The first-order valence-electron chi connectivity index (χ1n) is 5.54. The molecule has 0 fully saturated rings. The minimum atomic E-state index is -0.319. The zero-order valence-electron chi connectivity index (χ0n) is 9.86. The molecule has 2 N–H and O–H groups in total. The van der Waals surface area contributed by atoms with Gasteiger partial charge in [0.15, 0.2) is 0 Å². The highest BCUT2D eigenvalue weighted by molar-refractivity contribution is 6.30. The van der Waals surface area contributed by atoms with Crippen LogP contribution in [0.25, 0.3) is 0 Å². The molecule has 98 valence electrons. The Hall–Kier alpha value is -2.14. The standard InChI is InChI=1S/C13H11ClFN3O/c14-9-1-6-12(17-7-9)18-13(19)8-16-11-4-2-10(15)3-5-11/h1-7,16H,8H2,(H,17,18,19).